The summed E-state index contributed by atoms with van der Waals surface area (Å²) in [6, 6.07) is 9.20. The standard InChI is InChI=1S/C33H57NO/c1-8-24(4)13-9-11-15-29-20-19-28(22-33(29,6)7)25(5)32(23(2)3)34-31(35)21-27-18-17-26-14-10-12-16-30(26)27/h10,12,14,16,23-25,27-29,31-32,34-35H,8-9,11,13,15,17-22H2,1-7H3/t24?,25-,27?,28?,29?,31-,32?/m0/s1. The fourth-order valence-corrected chi connectivity index (χ4v) is 7.52. The van der Waals surface area contributed by atoms with Crippen molar-refractivity contribution >= 4 is 0 Å². The van der Waals surface area contributed by atoms with E-state index < -0.39 is 6.23 Å². The minimum atomic E-state index is -0.420. The van der Waals surface area contributed by atoms with Crippen LogP contribution in [-0.2, 0) is 6.42 Å². The number of hydrogen-bond donors (Lipinski definition) is 2. The summed E-state index contributed by atoms with van der Waals surface area (Å²) in [5.41, 5.74) is 3.38. The smallest absolute Gasteiger partial charge is 0.105 e. The minimum Gasteiger partial charge on any atom is -0.379 e. The van der Waals surface area contributed by atoms with Crippen molar-refractivity contribution in [3.05, 3.63) is 35.4 Å². The quantitative estimate of drug-likeness (QED) is 0.217. The maximum atomic E-state index is 11.1. The van der Waals surface area contributed by atoms with Crippen molar-refractivity contribution in [1.82, 2.24) is 5.32 Å². The van der Waals surface area contributed by atoms with Gasteiger partial charge < -0.3 is 5.11 Å². The third-order valence-electron chi connectivity index (χ3n) is 10.2. The number of fused-ring (bicyclic) bond motifs is 1. The van der Waals surface area contributed by atoms with Gasteiger partial charge in [0.25, 0.3) is 0 Å². The molecule has 0 saturated heterocycles. The summed E-state index contributed by atoms with van der Waals surface area (Å²) in [6.45, 7) is 16.9. The molecular weight excluding hydrogens is 426 g/mol. The Kier molecular flexibility index (Phi) is 10.7. The molecule has 0 aliphatic heterocycles. The van der Waals surface area contributed by atoms with Gasteiger partial charge in [-0.25, -0.2) is 0 Å². The van der Waals surface area contributed by atoms with E-state index in [-0.39, 0.29) is 0 Å². The molecule has 1 fully saturated rings. The molecule has 3 rings (SSSR count). The van der Waals surface area contributed by atoms with E-state index in [0.29, 0.717) is 29.2 Å². The molecule has 200 valence electrons. The second-order valence-electron chi connectivity index (χ2n) is 13.5. The van der Waals surface area contributed by atoms with Gasteiger partial charge in [0.05, 0.1) is 0 Å². The Hall–Kier alpha value is -0.860. The van der Waals surface area contributed by atoms with Gasteiger partial charge in [-0.2, -0.15) is 0 Å². The van der Waals surface area contributed by atoms with Crippen LogP contribution in [0.25, 0.3) is 0 Å². The molecule has 1 aromatic rings. The number of aryl methyl sites for hydroxylation is 1. The number of benzene rings is 1. The Bertz CT molecular complexity index is 755. The molecule has 35 heavy (non-hydrogen) atoms. The van der Waals surface area contributed by atoms with Gasteiger partial charge in [0.1, 0.15) is 6.23 Å². The van der Waals surface area contributed by atoms with E-state index in [9.17, 15) is 5.11 Å². The predicted molar refractivity (Wildman–Crippen MR) is 152 cm³/mol. The van der Waals surface area contributed by atoms with Gasteiger partial charge >= 0.3 is 0 Å². The summed E-state index contributed by atoms with van der Waals surface area (Å²) < 4.78 is 0. The maximum absolute atomic E-state index is 11.1. The van der Waals surface area contributed by atoms with Gasteiger partial charge in [-0.1, -0.05) is 98.4 Å². The van der Waals surface area contributed by atoms with Crippen LogP contribution in [0.5, 0.6) is 0 Å². The first kappa shape index (κ1) is 28.7. The molecule has 0 amide bonds. The Morgan fingerprint density at radius 1 is 1.03 bits per heavy atom. The first-order valence-corrected chi connectivity index (χ1v) is 15.1. The summed E-state index contributed by atoms with van der Waals surface area (Å²) in [4.78, 5) is 0. The largest absolute Gasteiger partial charge is 0.379 e. The Balaban J connectivity index is 1.52. The van der Waals surface area contributed by atoms with Gasteiger partial charge in [-0.15, -0.1) is 0 Å². The number of hydrogen-bond acceptors (Lipinski definition) is 2. The number of unbranched alkanes of at least 4 members (excludes halogenated alkanes) is 1. The zero-order valence-corrected chi connectivity index (χ0v) is 24.2. The van der Waals surface area contributed by atoms with Gasteiger partial charge in [0, 0.05) is 6.04 Å². The molecule has 2 heteroatoms. The van der Waals surface area contributed by atoms with E-state index in [2.05, 4.69) is 78.0 Å². The highest BCUT2D eigenvalue weighted by molar-refractivity contribution is 5.34. The third-order valence-corrected chi connectivity index (χ3v) is 10.2. The highest BCUT2D eigenvalue weighted by Crippen LogP contribution is 2.48. The second kappa shape index (κ2) is 13.1. The van der Waals surface area contributed by atoms with Gasteiger partial charge in [0.15, 0.2) is 0 Å². The lowest BCUT2D eigenvalue weighted by molar-refractivity contribution is 0.0286. The van der Waals surface area contributed by atoms with Gasteiger partial charge in [0.2, 0.25) is 0 Å². The average molecular weight is 484 g/mol. The van der Waals surface area contributed by atoms with Gasteiger partial charge in [-0.3, -0.25) is 5.32 Å². The molecular formula is C33H57NO. The molecule has 2 aliphatic carbocycles. The summed E-state index contributed by atoms with van der Waals surface area (Å²) in [5, 5.41) is 14.8. The SMILES string of the molecule is CCC(C)CCCCC1CCC([C@H](C)C(N[C@@H](O)CC2CCc3ccccc32)C(C)C)CC1(C)C. The highest BCUT2D eigenvalue weighted by atomic mass is 16.3. The minimum absolute atomic E-state index is 0.370. The molecule has 0 heterocycles. The van der Waals surface area contributed by atoms with Crippen LogP contribution in [0.3, 0.4) is 0 Å². The van der Waals surface area contributed by atoms with E-state index in [4.69, 9.17) is 0 Å². The fourth-order valence-electron chi connectivity index (χ4n) is 7.52. The van der Waals surface area contributed by atoms with E-state index in [0.717, 1.165) is 30.6 Å². The molecule has 5 unspecified atom stereocenters. The third kappa shape index (κ3) is 7.81. The first-order chi connectivity index (χ1) is 16.6. The lowest BCUT2D eigenvalue weighted by Crippen LogP contribution is -2.49. The predicted octanol–water partition coefficient (Wildman–Crippen LogP) is 8.72. The lowest BCUT2D eigenvalue weighted by atomic mass is 9.60. The van der Waals surface area contributed by atoms with Crippen LogP contribution in [0, 0.1) is 35.0 Å². The normalized spacial score (nSPS) is 27.4. The highest BCUT2D eigenvalue weighted by Gasteiger charge is 2.40. The topological polar surface area (TPSA) is 32.3 Å². The maximum Gasteiger partial charge on any atom is 0.105 e. The summed E-state index contributed by atoms with van der Waals surface area (Å²) >= 11 is 0. The Labute approximate surface area is 218 Å². The van der Waals surface area contributed by atoms with Crippen LogP contribution < -0.4 is 5.32 Å². The van der Waals surface area contributed by atoms with E-state index >= 15 is 0 Å². The molecule has 7 atom stereocenters. The fraction of sp³-hybridized carbons (Fsp3) is 0.818. The second-order valence-corrected chi connectivity index (χ2v) is 13.5. The average Bonchev–Trinajstić information content (AvgIpc) is 3.22. The Morgan fingerprint density at radius 2 is 1.77 bits per heavy atom. The van der Waals surface area contributed by atoms with Crippen LogP contribution >= 0.6 is 0 Å². The van der Waals surface area contributed by atoms with Crippen molar-refractivity contribution in [2.75, 3.05) is 0 Å². The molecule has 0 aromatic heterocycles. The number of nitrogens with one attached hydrogen (secondary N) is 1. The summed E-state index contributed by atoms with van der Waals surface area (Å²) in [7, 11) is 0. The lowest BCUT2D eigenvalue weighted by Gasteiger charge is -2.47. The van der Waals surface area contributed by atoms with Crippen LogP contribution in [0.2, 0.25) is 0 Å². The van der Waals surface area contributed by atoms with E-state index in [1.54, 1.807) is 0 Å². The van der Waals surface area contributed by atoms with Crippen molar-refractivity contribution < 1.29 is 5.11 Å². The molecule has 0 bridgehead atoms. The molecule has 0 spiro atoms. The molecule has 2 nitrogen and oxygen atoms in total. The van der Waals surface area contributed by atoms with Crippen LogP contribution in [-0.4, -0.2) is 17.4 Å². The van der Waals surface area contributed by atoms with Crippen LogP contribution in [0.4, 0.5) is 0 Å². The molecule has 1 saturated carbocycles. The van der Waals surface area contributed by atoms with Crippen molar-refractivity contribution in [2.24, 2.45) is 35.0 Å². The van der Waals surface area contributed by atoms with Crippen molar-refractivity contribution in [1.29, 1.82) is 0 Å². The number of aliphatic hydroxyl groups excluding tert-OH is 1. The monoisotopic (exact) mass is 483 g/mol. The number of rotatable bonds is 13. The molecule has 1 aromatic carbocycles. The summed E-state index contributed by atoms with van der Waals surface area (Å²) in [5.74, 6) is 4.12. The van der Waals surface area contributed by atoms with Gasteiger partial charge in [-0.05, 0) is 97.0 Å². The van der Waals surface area contributed by atoms with E-state index in [1.807, 2.05) is 0 Å². The van der Waals surface area contributed by atoms with Crippen molar-refractivity contribution in [2.45, 2.75) is 137 Å². The van der Waals surface area contributed by atoms with Crippen molar-refractivity contribution in [3.63, 3.8) is 0 Å². The van der Waals surface area contributed by atoms with E-state index in [1.165, 1.54) is 68.9 Å². The first-order valence-electron chi connectivity index (χ1n) is 15.1. The zero-order valence-electron chi connectivity index (χ0n) is 24.2. The molecule has 2 N–H and O–H groups in total. The molecule has 0 radical (unpaired) electrons. The Morgan fingerprint density at radius 3 is 2.46 bits per heavy atom. The van der Waals surface area contributed by atoms with Crippen molar-refractivity contribution in [3.8, 4) is 0 Å². The number of aliphatic hydroxyl groups is 1. The molecule has 2 aliphatic rings. The summed E-state index contributed by atoms with van der Waals surface area (Å²) in [6.07, 6.45) is 13.8. The zero-order chi connectivity index (χ0) is 25.6. The van der Waals surface area contributed by atoms with Crippen LogP contribution in [0.15, 0.2) is 24.3 Å². The van der Waals surface area contributed by atoms with Crippen LogP contribution in [0.1, 0.15) is 130 Å².